The first-order valence-electron chi connectivity index (χ1n) is 8.66. The lowest BCUT2D eigenvalue weighted by atomic mass is 9.85. The number of rotatable bonds is 6. The van der Waals surface area contributed by atoms with E-state index in [9.17, 15) is 30.0 Å². The first-order valence-corrected chi connectivity index (χ1v) is 11.7. The maximum absolute atomic E-state index is 12.8. The molecule has 1 N–H and O–H groups in total. The molecule has 0 aliphatic heterocycles. The zero-order valence-electron chi connectivity index (χ0n) is 15.5. The second-order valence-electron chi connectivity index (χ2n) is 7.04. The van der Waals surface area contributed by atoms with E-state index >= 15 is 0 Å². The zero-order valence-corrected chi connectivity index (χ0v) is 17.2. The highest BCUT2D eigenvalue weighted by molar-refractivity contribution is 7.92. The van der Waals surface area contributed by atoms with Crippen LogP contribution < -0.4 is 4.72 Å². The number of alkyl halides is 3. The van der Waals surface area contributed by atoms with Gasteiger partial charge in [0.25, 0.3) is 0 Å². The molecule has 1 aliphatic carbocycles. The predicted octanol–water partition coefficient (Wildman–Crippen LogP) is 2.84. The van der Waals surface area contributed by atoms with Gasteiger partial charge in [-0.2, -0.15) is 13.2 Å². The number of benzene rings is 1. The Morgan fingerprint density at radius 2 is 1.83 bits per heavy atom. The van der Waals surface area contributed by atoms with E-state index in [-0.39, 0.29) is 46.5 Å². The van der Waals surface area contributed by atoms with E-state index in [0.29, 0.717) is 6.07 Å². The van der Waals surface area contributed by atoms with Crippen molar-refractivity contribution in [1.29, 1.82) is 0 Å². The van der Waals surface area contributed by atoms with E-state index in [1.165, 1.54) is 13.8 Å². The number of aromatic nitrogens is 1. The highest BCUT2D eigenvalue weighted by Crippen LogP contribution is 2.38. The van der Waals surface area contributed by atoms with Gasteiger partial charge in [0.15, 0.2) is 15.6 Å². The minimum Gasteiger partial charge on any atom is -0.360 e. The molecule has 0 spiro atoms. The number of nitrogens with one attached hydrogen (secondary N) is 1. The molecule has 1 fully saturated rings. The molecule has 1 heterocycles. The number of sulfonamides is 1. The lowest BCUT2D eigenvalue weighted by Gasteiger charge is -2.34. The molecule has 1 aromatic carbocycles. The molecule has 7 nitrogen and oxygen atoms in total. The van der Waals surface area contributed by atoms with Crippen LogP contribution in [-0.2, 0) is 26.0 Å². The van der Waals surface area contributed by atoms with E-state index < -0.39 is 36.9 Å². The van der Waals surface area contributed by atoms with Crippen LogP contribution >= 0.6 is 0 Å². The Kier molecular flexibility index (Phi) is 5.56. The molecule has 0 saturated heterocycles. The van der Waals surface area contributed by atoms with Crippen LogP contribution in [0.2, 0.25) is 0 Å². The van der Waals surface area contributed by atoms with Crippen LogP contribution in [0.4, 0.5) is 13.2 Å². The lowest BCUT2D eigenvalue weighted by Crippen LogP contribution is -2.42. The van der Waals surface area contributed by atoms with Gasteiger partial charge >= 0.3 is 6.18 Å². The maximum Gasteiger partial charge on any atom is 0.416 e. The lowest BCUT2D eigenvalue weighted by molar-refractivity contribution is -0.137. The third kappa shape index (κ3) is 4.33. The SMILES string of the molecule is Cc1noc(C)c1S(=O)(=O)NC[C@H]1C[C@H](S(=O)(=O)c2cccc(C(F)(F)F)c2)C1. The Balaban J connectivity index is 1.64. The number of halogens is 3. The number of nitrogens with zero attached hydrogens (tertiary/aromatic N) is 1. The molecule has 0 unspecified atom stereocenters. The van der Waals surface area contributed by atoms with Crippen molar-refractivity contribution in [3.05, 3.63) is 41.3 Å². The quantitative estimate of drug-likeness (QED) is 0.723. The van der Waals surface area contributed by atoms with E-state index in [0.717, 1.165) is 18.2 Å². The number of sulfone groups is 1. The molecular weight excluding hydrogens is 433 g/mol. The van der Waals surface area contributed by atoms with Crippen molar-refractivity contribution in [3.8, 4) is 0 Å². The van der Waals surface area contributed by atoms with Gasteiger partial charge in [-0.05, 0) is 50.8 Å². The van der Waals surface area contributed by atoms with Crippen LogP contribution in [0, 0.1) is 19.8 Å². The van der Waals surface area contributed by atoms with Crippen molar-refractivity contribution in [3.63, 3.8) is 0 Å². The molecule has 12 heteroatoms. The van der Waals surface area contributed by atoms with Gasteiger partial charge in [-0.15, -0.1) is 0 Å². The van der Waals surface area contributed by atoms with Crippen LogP contribution in [-0.4, -0.2) is 33.8 Å². The van der Waals surface area contributed by atoms with Crippen LogP contribution in [0.5, 0.6) is 0 Å². The normalized spacial score (nSPS) is 20.4. The first kappa shape index (κ1) is 21.8. The summed E-state index contributed by atoms with van der Waals surface area (Å²) in [4.78, 5) is -0.433. The fourth-order valence-corrected chi connectivity index (χ4v) is 6.73. The summed E-state index contributed by atoms with van der Waals surface area (Å²) in [6, 6.07) is 3.64. The van der Waals surface area contributed by atoms with E-state index in [4.69, 9.17) is 4.52 Å². The molecule has 3 rings (SSSR count). The molecule has 0 atom stereocenters. The maximum atomic E-state index is 12.8. The summed E-state index contributed by atoms with van der Waals surface area (Å²) in [5.41, 5.74) is -0.810. The zero-order chi connectivity index (χ0) is 21.6. The van der Waals surface area contributed by atoms with Crippen LogP contribution in [0.15, 0.2) is 38.6 Å². The number of aryl methyl sites for hydroxylation is 2. The molecule has 2 aromatic rings. The van der Waals surface area contributed by atoms with Crippen molar-refractivity contribution >= 4 is 19.9 Å². The second kappa shape index (κ2) is 7.40. The Morgan fingerprint density at radius 3 is 2.38 bits per heavy atom. The van der Waals surface area contributed by atoms with Crippen molar-refractivity contribution < 1.29 is 34.5 Å². The molecule has 0 amide bonds. The third-order valence-corrected chi connectivity index (χ3v) is 8.76. The van der Waals surface area contributed by atoms with E-state index in [2.05, 4.69) is 9.88 Å². The van der Waals surface area contributed by atoms with E-state index in [1.807, 2.05) is 0 Å². The largest absolute Gasteiger partial charge is 0.416 e. The molecule has 1 saturated carbocycles. The van der Waals surface area contributed by atoms with Gasteiger partial charge in [-0.1, -0.05) is 11.2 Å². The Bertz CT molecular complexity index is 1100. The molecule has 29 heavy (non-hydrogen) atoms. The van der Waals surface area contributed by atoms with E-state index in [1.54, 1.807) is 0 Å². The van der Waals surface area contributed by atoms with Gasteiger partial charge in [0.2, 0.25) is 10.0 Å². The van der Waals surface area contributed by atoms with Crippen LogP contribution in [0.3, 0.4) is 0 Å². The van der Waals surface area contributed by atoms with Crippen molar-refractivity contribution in [2.24, 2.45) is 5.92 Å². The Labute approximate surface area is 166 Å². The van der Waals surface area contributed by atoms with Gasteiger partial charge in [-0.25, -0.2) is 21.6 Å². The van der Waals surface area contributed by atoms with Crippen molar-refractivity contribution in [2.45, 2.75) is 47.9 Å². The summed E-state index contributed by atoms with van der Waals surface area (Å²) >= 11 is 0. The molecular formula is C17H19F3N2O5S2. The summed E-state index contributed by atoms with van der Waals surface area (Å²) in [6.45, 7) is 2.97. The summed E-state index contributed by atoms with van der Waals surface area (Å²) < 4.78 is 95.7. The second-order valence-corrected chi connectivity index (χ2v) is 11.0. The average Bonchev–Trinajstić information content (AvgIpc) is 2.92. The highest BCUT2D eigenvalue weighted by Gasteiger charge is 2.41. The Morgan fingerprint density at radius 1 is 1.17 bits per heavy atom. The summed E-state index contributed by atoms with van der Waals surface area (Å²) in [5.74, 6) is -0.0931. The van der Waals surface area contributed by atoms with Crippen LogP contribution in [0.1, 0.15) is 29.9 Å². The highest BCUT2D eigenvalue weighted by atomic mass is 32.2. The van der Waals surface area contributed by atoms with Gasteiger partial charge < -0.3 is 4.52 Å². The molecule has 1 aliphatic rings. The molecule has 1 aromatic heterocycles. The minimum absolute atomic E-state index is 0.0149. The summed E-state index contributed by atoms with van der Waals surface area (Å²) in [7, 11) is -7.79. The average molecular weight is 452 g/mol. The molecule has 0 radical (unpaired) electrons. The fraction of sp³-hybridized carbons (Fsp3) is 0.471. The fourth-order valence-electron chi connectivity index (χ4n) is 3.29. The van der Waals surface area contributed by atoms with Gasteiger partial charge in [0.1, 0.15) is 10.6 Å². The number of hydrogen-bond acceptors (Lipinski definition) is 6. The first-order chi connectivity index (χ1) is 13.3. The minimum atomic E-state index is -4.63. The summed E-state index contributed by atoms with van der Waals surface area (Å²) in [5, 5.41) is 2.74. The number of hydrogen-bond donors (Lipinski definition) is 1. The van der Waals surface area contributed by atoms with Crippen LogP contribution in [0.25, 0.3) is 0 Å². The topological polar surface area (TPSA) is 106 Å². The Hall–Kier alpha value is -1.92. The third-order valence-electron chi connectivity index (χ3n) is 4.92. The molecule has 160 valence electrons. The van der Waals surface area contributed by atoms with Gasteiger partial charge in [0, 0.05) is 6.54 Å². The van der Waals surface area contributed by atoms with Gasteiger partial charge in [0.05, 0.1) is 15.7 Å². The van der Waals surface area contributed by atoms with Crippen molar-refractivity contribution in [2.75, 3.05) is 6.54 Å². The summed E-state index contributed by atoms with van der Waals surface area (Å²) in [6.07, 6.45) is -4.32. The monoisotopic (exact) mass is 452 g/mol. The van der Waals surface area contributed by atoms with Gasteiger partial charge in [-0.3, -0.25) is 0 Å². The standard InChI is InChI=1S/C17H19F3N2O5S2/c1-10-16(11(2)27-22-10)29(25,26)21-9-12-6-15(7-12)28(23,24)14-5-3-4-13(8-14)17(18,19)20/h3-5,8,12,15,21H,6-7,9H2,1-2H3/t12-,15-. The smallest absolute Gasteiger partial charge is 0.360 e. The van der Waals surface area contributed by atoms with Crippen molar-refractivity contribution in [1.82, 2.24) is 9.88 Å². The predicted molar refractivity (Wildman–Crippen MR) is 96.3 cm³/mol. The molecule has 0 bridgehead atoms.